The molecule has 1 aliphatic carbocycles. The van der Waals surface area contributed by atoms with Gasteiger partial charge in [-0.2, -0.15) is 0 Å². The number of amides is 1. The maximum atomic E-state index is 11.6. The Labute approximate surface area is 87.9 Å². The Bertz CT molecular complexity index is 346. The van der Waals surface area contributed by atoms with Crippen LogP contribution in [0.4, 0.5) is 5.69 Å². The predicted octanol–water partition coefficient (Wildman–Crippen LogP) is 1.22. The highest BCUT2D eigenvalue weighted by Crippen LogP contribution is 2.27. The number of anilines is 1. The standard InChI is InChI=1S/C10H13N3O2/c1-15-10-11-5-8(6-12-10)13-9(14)7-3-2-4-7/h5-7H,2-4H2,1H3,(H,13,14). The van der Waals surface area contributed by atoms with Crippen LogP contribution in [0, 0.1) is 5.92 Å². The first-order valence-electron chi connectivity index (χ1n) is 4.96. The van der Waals surface area contributed by atoms with Crippen molar-refractivity contribution >= 4 is 11.6 Å². The van der Waals surface area contributed by atoms with Crippen molar-refractivity contribution in [1.82, 2.24) is 9.97 Å². The zero-order valence-corrected chi connectivity index (χ0v) is 8.56. The lowest BCUT2D eigenvalue weighted by atomic mass is 9.85. The van der Waals surface area contributed by atoms with Gasteiger partial charge in [-0.05, 0) is 12.8 Å². The van der Waals surface area contributed by atoms with Crippen LogP contribution in [0.1, 0.15) is 19.3 Å². The van der Waals surface area contributed by atoms with Crippen LogP contribution in [-0.2, 0) is 4.79 Å². The molecule has 1 saturated carbocycles. The van der Waals surface area contributed by atoms with E-state index in [1.54, 1.807) is 12.4 Å². The van der Waals surface area contributed by atoms with Gasteiger partial charge in [0.2, 0.25) is 5.91 Å². The fourth-order valence-corrected chi connectivity index (χ4v) is 1.40. The van der Waals surface area contributed by atoms with E-state index in [1.165, 1.54) is 7.11 Å². The molecule has 80 valence electrons. The van der Waals surface area contributed by atoms with E-state index in [9.17, 15) is 4.79 Å². The molecule has 0 saturated heterocycles. The number of nitrogens with zero attached hydrogens (tertiary/aromatic N) is 2. The number of rotatable bonds is 3. The molecule has 1 aromatic heterocycles. The molecule has 2 rings (SSSR count). The monoisotopic (exact) mass is 207 g/mol. The minimum absolute atomic E-state index is 0.0648. The molecule has 1 amide bonds. The molecule has 5 heteroatoms. The molecule has 1 aromatic rings. The lowest BCUT2D eigenvalue weighted by Crippen LogP contribution is -2.28. The Morgan fingerprint density at radius 3 is 2.60 bits per heavy atom. The molecule has 0 radical (unpaired) electrons. The summed E-state index contributed by atoms with van der Waals surface area (Å²) >= 11 is 0. The van der Waals surface area contributed by atoms with E-state index in [0.29, 0.717) is 11.7 Å². The van der Waals surface area contributed by atoms with Crippen LogP contribution in [0.25, 0.3) is 0 Å². The molecule has 1 heterocycles. The highest BCUT2D eigenvalue weighted by Gasteiger charge is 2.25. The Hall–Kier alpha value is -1.65. The quantitative estimate of drug-likeness (QED) is 0.809. The van der Waals surface area contributed by atoms with E-state index in [-0.39, 0.29) is 11.8 Å². The van der Waals surface area contributed by atoms with Gasteiger partial charge in [-0.1, -0.05) is 6.42 Å². The summed E-state index contributed by atoms with van der Waals surface area (Å²) in [5, 5.41) is 2.78. The summed E-state index contributed by atoms with van der Waals surface area (Å²) in [4.78, 5) is 19.4. The van der Waals surface area contributed by atoms with E-state index in [4.69, 9.17) is 4.74 Å². The Morgan fingerprint density at radius 1 is 1.47 bits per heavy atom. The van der Waals surface area contributed by atoms with Gasteiger partial charge in [0.05, 0.1) is 25.2 Å². The first-order valence-corrected chi connectivity index (χ1v) is 4.96. The van der Waals surface area contributed by atoms with Gasteiger partial charge in [-0.25, -0.2) is 9.97 Å². The number of aromatic nitrogens is 2. The van der Waals surface area contributed by atoms with Gasteiger partial charge in [0, 0.05) is 5.92 Å². The van der Waals surface area contributed by atoms with Crippen molar-refractivity contribution < 1.29 is 9.53 Å². The van der Waals surface area contributed by atoms with Crippen molar-refractivity contribution in [1.29, 1.82) is 0 Å². The van der Waals surface area contributed by atoms with Crippen LogP contribution in [-0.4, -0.2) is 23.0 Å². The van der Waals surface area contributed by atoms with E-state index in [0.717, 1.165) is 19.3 Å². The fourth-order valence-electron chi connectivity index (χ4n) is 1.40. The highest BCUT2D eigenvalue weighted by molar-refractivity contribution is 5.92. The third-order valence-electron chi connectivity index (χ3n) is 2.55. The van der Waals surface area contributed by atoms with Crippen LogP contribution in [0.3, 0.4) is 0 Å². The first-order chi connectivity index (χ1) is 7.29. The van der Waals surface area contributed by atoms with Crippen molar-refractivity contribution in [2.75, 3.05) is 12.4 Å². The van der Waals surface area contributed by atoms with Gasteiger partial charge < -0.3 is 10.1 Å². The second-order valence-corrected chi connectivity index (χ2v) is 3.58. The summed E-state index contributed by atoms with van der Waals surface area (Å²) in [5.74, 6) is 0.238. The molecule has 0 aromatic carbocycles. The average molecular weight is 207 g/mol. The third-order valence-corrected chi connectivity index (χ3v) is 2.55. The molecule has 0 atom stereocenters. The fraction of sp³-hybridized carbons (Fsp3) is 0.500. The van der Waals surface area contributed by atoms with E-state index in [1.807, 2.05) is 0 Å². The molecule has 0 bridgehead atoms. The highest BCUT2D eigenvalue weighted by atomic mass is 16.5. The summed E-state index contributed by atoms with van der Waals surface area (Å²) in [6.07, 6.45) is 6.22. The SMILES string of the molecule is COc1ncc(NC(=O)C2CCC2)cn1. The zero-order chi connectivity index (χ0) is 10.7. The van der Waals surface area contributed by atoms with Crippen LogP contribution in [0.2, 0.25) is 0 Å². The molecule has 1 N–H and O–H groups in total. The Kier molecular flexibility index (Phi) is 2.80. The van der Waals surface area contributed by atoms with Gasteiger partial charge in [-0.15, -0.1) is 0 Å². The lowest BCUT2D eigenvalue weighted by molar-refractivity contribution is -0.122. The molecule has 1 fully saturated rings. The second-order valence-electron chi connectivity index (χ2n) is 3.58. The predicted molar refractivity (Wildman–Crippen MR) is 54.6 cm³/mol. The van der Waals surface area contributed by atoms with Crippen LogP contribution < -0.4 is 10.1 Å². The lowest BCUT2D eigenvalue weighted by Gasteiger charge is -2.23. The molecule has 0 aliphatic heterocycles. The second kappa shape index (κ2) is 4.25. The van der Waals surface area contributed by atoms with Crippen molar-refractivity contribution in [3.63, 3.8) is 0 Å². The summed E-state index contributed by atoms with van der Waals surface area (Å²) in [5.41, 5.74) is 0.618. The normalized spacial score (nSPS) is 15.5. The van der Waals surface area contributed by atoms with Crippen LogP contribution in [0.15, 0.2) is 12.4 Å². The molecular weight excluding hydrogens is 194 g/mol. The number of carbonyl (C=O) groups excluding carboxylic acids is 1. The molecule has 1 aliphatic rings. The van der Waals surface area contributed by atoms with Crippen molar-refractivity contribution in [3.05, 3.63) is 12.4 Å². The van der Waals surface area contributed by atoms with Crippen molar-refractivity contribution in [2.45, 2.75) is 19.3 Å². The topological polar surface area (TPSA) is 64.1 Å². The van der Waals surface area contributed by atoms with Crippen LogP contribution in [0.5, 0.6) is 6.01 Å². The Morgan fingerprint density at radius 2 is 2.13 bits per heavy atom. The average Bonchev–Trinajstić information content (AvgIpc) is 2.16. The molecule has 5 nitrogen and oxygen atoms in total. The minimum atomic E-state index is 0.0648. The smallest absolute Gasteiger partial charge is 0.316 e. The molecular formula is C10H13N3O2. The minimum Gasteiger partial charge on any atom is -0.467 e. The number of hydrogen-bond acceptors (Lipinski definition) is 4. The van der Waals surface area contributed by atoms with Crippen molar-refractivity contribution in [3.8, 4) is 6.01 Å². The largest absolute Gasteiger partial charge is 0.467 e. The van der Waals surface area contributed by atoms with Gasteiger partial charge in [-0.3, -0.25) is 4.79 Å². The Balaban J connectivity index is 1.94. The molecule has 15 heavy (non-hydrogen) atoms. The number of ether oxygens (including phenoxy) is 1. The maximum absolute atomic E-state index is 11.6. The van der Waals surface area contributed by atoms with Gasteiger partial charge in [0.25, 0.3) is 0 Å². The van der Waals surface area contributed by atoms with E-state index >= 15 is 0 Å². The molecule has 0 unspecified atom stereocenters. The summed E-state index contributed by atoms with van der Waals surface area (Å²) in [7, 11) is 1.50. The van der Waals surface area contributed by atoms with E-state index < -0.39 is 0 Å². The summed E-state index contributed by atoms with van der Waals surface area (Å²) < 4.78 is 4.82. The third kappa shape index (κ3) is 2.23. The summed E-state index contributed by atoms with van der Waals surface area (Å²) in [6.45, 7) is 0. The summed E-state index contributed by atoms with van der Waals surface area (Å²) in [6, 6.07) is 0.302. The van der Waals surface area contributed by atoms with Crippen LogP contribution >= 0.6 is 0 Å². The van der Waals surface area contributed by atoms with E-state index in [2.05, 4.69) is 15.3 Å². The van der Waals surface area contributed by atoms with Gasteiger partial charge in [0.1, 0.15) is 0 Å². The van der Waals surface area contributed by atoms with Gasteiger partial charge >= 0.3 is 6.01 Å². The first kappa shape index (κ1) is 9.89. The zero-order valence-electron chi connectivity index (χ0n) is 8.56. The van der Waals surface area contributed by atoms with Crippen molar-refractivity contribution in [2.24, 2.45) is 5.92 Å². The number of nitrogens with one attached hydrogen (secondary N) is 1. The number of hydrogen-bond donors (Lipinski definition) is 1. The molecule has 0 spiro atoms. The number of carbonyl (C=O) groups is 1. The maximum Gasteiger partial charge on any atom is 0.316 e. The van der Waals surface area contributed by atoms with Gasteiger partial charge in [0.15, 0.2) is 0 Å². The number of methoxy groups -OCH3 is 1.